The Morgan fingerprint density at radius 3 is 2.94 bits per heavy atom. The maximum atomic E-state index is 8.94. The topological polar surface area (TPSA) is 50.7 Å². The van der Waals surface area contributed by atoms with Crippen molar-refractivity contribution >= 4 is 0 Å². The van der Waals surface area contributed by atoms with Gasteiger partial charge in [0, 0.05) is 32.4 Å². The van der Waals surface area contributed by atoms with Crippen molar-refractivity contribution in [1.29, 1.82) is 0 Å². The summed E-state index contributed by atoms with van der Waals surface area (Å²) >= 11 is 0. The first-order chi connectivity index (χ1) is 7.76. The molecule has 16 heavy (non-hydrogen) atoms. The van der Waals surface area contributed by atoms with Gasteiger partial charge in [0.15, 0.2) is 0 Å². The van der Waals surface area contributed by atoms with Crippen molar-refractivity contribution in [3.8, 4) is 0 Å². The molecule has 96 valence electrons. The average Bonchev–Trinajstić information content (AvgIpc) is 2.71. The molecular formula is C12H25NO3. The molecule has 1 fully saturated rings. The third kappa shape index (κ3) is 5.25. The van der Waals surface area contributed by atoms with E-state index in [-0.39, 0.29) is 12.6 Å². The number of ether oxygens (including phenoxy) is 2. The maximum absolute atomic E-state index is 8.94. The summed E-state index contributed by atoms with van der Waals surface area (Å²) in [5, 5.41) is 12.4. The summed E-state index contributed by atoms with van der Waals surface area (Å²) in [5.41, 5.74) is 0. The van der Waals surface area contributed by atoms with Crippen LogP contribution in [0.25, 0.3) is 0 Å². The summed E-state index contributed by atoms with van der Waals surface area (Å²) in [6.45, 7) is 3.93. The van der Waals surface area contributed by atoms with Crippen LogP contribution >= 0.6 is 0 Å². The molecule has 3 unspecified atom stereocenters. The second-order valence-electron chi connectivity index (χ2n) is 4.60. The van der Waals surface area contributed by atoms with Crippen molar-refractivity contribution in [1.82, 2.24) is 5.32 Å². The largest absolute Gasteiger partial charge is 0.396 e. The molecule has 0 amide bonds. The Kier molecular flexibility index (Phi) is 6.96. The lowest BCUT2D eigenvalue weighted by atomic mass is 10.1. The van der Waals surface area contributed by atoms with Crippen LogP contribution in [0.3, 0.4) is 0 Å². The molecule has 0 saturated carbocycles. The number of methoxy groups -OCH3 is 1. The molecule has 1 aliphatic heterocycles. The van der Waals surface area contributed by atoms with E-state index >= 15 is 0 Å². The molecule has 4 heteroatoms. The fourth-order valence-corrected chi connectivity index (χ4v) is 2.27. The van der Waals surface area contributed by atoms with E-state index < -0.39 is 0 Å². The highest BCUT2D eigenvalue weighted by atomic mass is 16.5. The summed E-state index contributed by atoms with van der Waals surface area (Å²) in [6.07, 6.45) is 4.58. The van der Waals surface area contributed by atoms with Crippen LogP contribution in [0.1, 0.15) is 32.6 Å². The van der Waals surface area contributed by atoms with E-state index in [1.165, 1.54) is 12.8 Å². The molecule has 0 radical (unpaired) electrons. The summed E-state index contributed by atoms with van der Waals surface area (Å²) in [4.78, 5) is 0. The molecule has 0 aliphatic carbocycles. The van der Waals surface area contributed by atoms with Gasteiger partial charge in [-0.2, -0.15) is 0 Å². The van der Waals surface area contributed by atoms with Gasteiger partial charge in [0.05, 0.1) is 12.7 Å². The zero-order chi connectivity index (χ0) is 11.8. The number of aliphatic hydroxyl groups excluding tert-OH is 1. The van der Waals surface area contributed by atoms with Crippen molar-refractivity contribution in [3.05, 3.63) is 0 Å². The van der Waals surface area contributed by atoms with Gasteiger partial charge in [0.1, 0.15) is 0 Å². The zero-order valence-electron chi connectivity index (χ0n) is 10.4. The lowest BCUT2D eigenvalue weighted by molar-refractivity contribution is 0.0893. The number of hydrogen-bond donors (Lipinski definition) is 2. The van der Waals surface area contributed by atoms with E-state index in [0.29, 0.717) is 18.8 Å². The fourth-order valence-electron chi connectivity index (χ4n) is 2.27. The lowest BCUT2D eigenvalue weighted by Crippen LogP contribution is -2.41. The maximum Gasteiger partial charge on any atom is 0.0616 e. The van der Waals surface area contributed by atoms with Crippen LogP contribution in [0.4, 0.5) is 0 Å². The molecule has 3 atom stereocenters. The molecule has 4 nitrogen and oxygen atoms in total. The Balaban J connectivity index is 2.20. The van der Waals surface area contributed by atoms with Crippen LogP contribution in [0.15, 0.2) is 0 Å². The van der Waals surface area contributed by atoms with Crippen molar-refractivity contribution < 1.29 is 14.6 Å². The predicted molar refractivity (Wildman–Crippen MR) is 63.6 cm³/mol. The molecule has 0 aromatic rings. The van der Waals surface area contributed by atoms with E-state index in [2.05, 4.69) is 12.2 Å². The summed E-state index contributed by atoms with van der Waals surface area (Å²) in [6, 6.07) is 0.654. The van der Waals surface area contributed by atoms with Crippen molar-refractivity contribution in [2.75, 3.05) is 26.9 Å². The van der Waals surface area contributed by atoms with E-state index in [9.17, 15) is 0 Å². The summed E-state index contributed by atoms with van der Waals surface area (Å²) in [5.74, 6) is 0. The molecule has 0 aromatic heterocycles. The van der Waals surface area contributed by atoms with Gasteiger partial charge < -0.3 is 19.9 Å². The Bertz CT molecular complexity index is 166. The van der Waals surface area contributed by atoms with Crippen LogP contribution in [0, 0.1) is 0 Å². The summed E-state index contributed by atoms with van der Waals surface area (Å²) in [7, 11) is 1.69. The van der Waals surface area contributed by atoms with E-state index in [1.54, 1.807) is 7.11 Å². The van der Waals surface area contributed by atoms with Gasteiger partial charge in [-0.15, -0.1) is 0 Å². The molecule has 2 N–H and O–H groups in total. The summed E-state index contributed by atoms with van der Waals surface area (Å²) < 4.78 is 10.7. The van der Waals surface area contributed by atoms with Crippen LogP contribution < -0.4 is 5.32 Å². The molecule has 0 bridgehead atoms. The van der Waals surface area contributed by atoms with E-state index in [1.807, 2.05) is 0 Å². The molecule has 1 aliphatic rings. The normalized spacial score (nSPS) is 24.6. The predicted octanol–water partition coefficient (Wildman–Crippen LogP) is 0.931. The molecule has 1 heterocycles. The molecule has 1 saturated heterocycles. The van der Waals surface area contributed by atoms with Gasteiger partial charge in [0.25, 0.3) is 0 Å². The first-order valence-electron chi connectivity index (χ1n) is 6.23. The van der Waals surface area contributed by atoms with Gasteiger partial charge in [0.2, 0.25) is 0 Å². The van der Waals surface area contributed by atoms with Crippen LogP contribution in [0.2, 0.25) is 0 Å². The second-order valence-corrected chi connectivity index (χ2v) is 4.60. The fraction of sp³-hybridized carbons (Fsp3) is 1.00. The Hall–Kier alpha value is -0.160. The molecule has 0 aromatic carbocycles. The highest BCUT2D eigenvalue weighted by Gasteiger charge is 2.20. The molecule has 1 rings (SSSR count). The second kappa shape index (κ2) is 8.01. The van der Waals surface area contributed by atoms with Crippen molar-refractivity contribution in [2.24, 2.45) is 0 Å². The third-order valence-corrected chi connectivity index (χ3v) is 3.01. The monoisotopic (exact) mass is 231 g/mol. The molecular weight excluding hydrogens is 206 g/mol. The van der Waals surface area contributed by atoms with Crippen LogP contribution in [0.5, 0.6) is 0 Å². The van der Waals surface area contributed by atoms with Crippen LogP contribution in [-0.2, 0) is 9.47 Å². The third-order valence-electron chi connectivity index (χ3n) is 3.01. The van der Waals surface area contributed by atoms with Crippen LogP contribution in [-0.4, -0.2) is 50.2 Å². The lowest BCUT2D eigenvalue weighted by Gasteiger charge is -2.24. The minimum Gasteiger partial charge on any atom is -0.396 e. The van der Waals surface area contributed by atoms with E-state index in [0.717, 1.165) is 19.4 Å². The SMILES string of the molecule is COCC(CCO)NC(C)CC1CCCO1. The van der Waals surface area contributed by atoms with Crippen molar-refractivity contribution in [2.45, 2.75) is 50.8 Å². The number of rotatable bonds is 8. The first-order valence-corrected chi connectivity index (χ1v) is 6.23. The number of aliphatic hydroxyl groups is 1. The minimum atomic E-state index is 0.202. The zero-order valence-corrected chi connectivity index (χ0v) is 10.4. The standard InChI is InChI=1S/C12H25NO3/c1-10(8-12-4-3-7-16-12)13-11(5-6-14)9-15-2/h10-14H,3-9H2,1-2H3. The average molecular weight is 231 g/mol. The Morgan fingerprint density at radius 1 is 1.56 bits per heavy atom. The smallest absolute Gasteiger partial charge is 0.0616 e. The van der Waals surface area contributed by atoms with Crippen molar-refractivity contribution in [3.63, 3.8) is 0 Å². The Labute approximate surface area is 98.3 Å². The highest BCUT2D eigenvalue weighted by molar-refractivity contribution is 4.76. The van der Waals surface area contributed by atoms with Gasteiger partial charge in [-0.25, -0.2) is 0 Å². The van der Waals surface area contributed by atoms with Gasteiger partial charge >= 0.3 is 0 Å². The first kappa shape index (κ1) is 13.9. The number of nitrogens with one attached hydrogen (secondary N) is 1. The minimum absolute atomic E-state index is 0.202. The molecule has 0 spiro atoms. The quantitative estimate of drug-likeness (QED) is 0.652. The Morgan fingerprint density at radius 2 is 2.38 bits per heavy atom. The van der Waals surface area contributed by atoms with Gasteiger partial charge in [-0.3, -0.25) is 0 Å². The van der Waals surface area contributed by atoms with Gasteiger partial charge in [-0.05, 0) is 32.6 Å². The van der Waals surface area contributed by atoms with Gasteiger partial charge in [-0.1, -0.05) is 0 Å². The highest BCUT2D eigenvalue weighted by Crippen LogP contribution is 2.17. The number of hydrogen-bond acceptors (Lipinski definition) is 4. The van der Waals surface area contributed by atoms with E-state index in [4.69, 9.17) is 14.6 Å².